The zero-order valence-corrected chi connectivity index (χ0v) is 11.8. The van der Waals surface area contributed by atoms with Crippen molar-refractivity contribution < 1.29 is 15.0 Å². The van der Waals surface area contributed by atoms with E-state index in [0.29, 0.717) is 18.8 Å². The van der Waals surface area contributed by atoms with Crippen LogP contribution < -0.4 is 5.32 Å². The van der Waals surface area contributed by atoms with E-state index in [-0.39, 0.29) is 17.5 Å². The lowest BCUT2D eigenvalue weighted by Gasteiger charge is -2.21. The highest BCUT2D eigenvalue weighted by Gasteiger charge is 2.13. The Hall–Kier alpha value is -2.69. The largest absolute Gasteiger partial charge is 0.508 e. The molecule has 2 amide bonds. The molecular weight excluding hydrogens is 268 g/mol. The molecule has 0 atom stereocenters. The summed E-state index contributed by atoms with van der Waals surface area (Å²) in [4.78, 5) is 13.9. The number of aromatic hydroxyl groups is 2. The Morgan fingerprint density at radius 1 is 1.10 bits per heavy atom. The molecule has 0 bridgehead atoms. The molecule has 110 valence electrons. The van der Waals surface area contributed by atoms with Gasteiger partial charge in [-0.1, -0.05) is 30.3 Å². The average molecular weight is 286 g/mol. The first-order valence-corrected chi connectivity index (χ1v) is 6.71. The van der Waals surface area contributed by atoms with Crippen LogP contribution in [0.1, 0.15) is 12.5 Å². The van der Waals surface area contributed by atoms with Crippen LogP contribution in [-0.2, 0) is 6.54 Å². The summed E-state index contributed by atoms with van der Waals surface area (Å²) in [5.41, 5.74) is 1.39. The van der Waals surface area contributed by atoms with Crippen LogP contribution in [0, 0.1) is 0 Å². The maximum absolute atomic E-state index is 12.2. The number of carbonyl (C=O) groups is 1. The van der Waals surface area contributed by atoms with Gasteiger partial charge in [0.2, 0.25) is 0 Å². The van der Waals surface area contributed by atoms with Gasteiger partial charge in [0.05, 0.1) is 0 Å². The molecule has 5 heteroatoms. The zero-order valence-electron chi connectivity index (χ0n) is 11.8. The molecule has 0 aliphatic rings. The van der Waals surface area contributed by atoms with Crippen molar-refractivity contribution in [3.8, 4) is 11.5 Å². The van der Waals surface area contributed by atoms with Gasteiger partial charge in [-0.3, -0.25) is 0 Å². The number of nitrogens with zero attached hydrogens (tertiary/aromatic N) is 1. The van der Waals surface area contributed by atoms with Crippen LogP contribution >= 0.6 is 0 Å². The predicted octanol–water partition coefficient (Wildman–Crippen LogP) is 3.15. The molecule has 0 spiro atoms. The number of phenolic OH excluding ortho intramolecular Hbond substituents is 2. The lowest BCUT2D eigenvalue weighted by molar-refractivity contribution is 0.212. The van der Waals surface area contributed by atoms with Gasteiger partial charge in [-0.2, -0.15) is 0 Å². The Morgan fingerprint density at radius 2 is 1.71 bits per heavy atom. The molecule has 2 rings (SSSR count). The minimum atomic E-state index is -0.286. The lowest BCUT2D eigenvalue weighted by Crippen LogP contribution is -2.34. The van der Waals surface area contributed by atoms with Gasteiger partial charge in [-0.05, 0) is 12.5 Å². The van der Waals surface area contributed by atoms with Crippen LogP contribution in [0.3, 0.4) is 0 Å². The van der Waals surface area contributed by atoms with Gasteiger partial charge in [0.1, 0.15) is 11.5 Å². The maximum Gasteiger partial charge on any atom is 0.322 e. The summed E-state index contributed by atoms with van der Waals surface area (Å²) in [6.07, 6.45) is 0. The van der Waals surface area contributed by atoms with E-state index >= 15 is 0 Å². The Bertz CT molecular complexity index is 594. The van der Waals surface area contributed by atoms with Crippen LogP contribution in [0.25, 0.3) is 0 Å². The molecule has 21 heavy (non-hydrogen) atoms. The van der Waals surface area contributed by atoms with E-state index in [1.54, 1.807) is 4.90 Å². The summed E-state index contributed by atoms with van der Waals surface area (Å²) in [5, 5.41) is 21.5. The minimum Gasteiger partial charge on any atom is -0.508 e. The van der Waals surface area contributed by atoms with Gasteiger partial charge in [-0.15, -0.1) is 0 Å². The summed E-state index contributed by atoms with van der Waals surface area (Å²) in [7, 11) is 0. The number of benzene rings is 2. The van der Waals surface area contributed by atoms with Crippen molar-refractivity contribution in [3.63, 3.8) is 0 Å². The van der Waals surface area contributed by atoms with Crippen molar-refractivity contribution in [1.82, 2.24) is 4.90 Å². The third-order valence-corrected chi connectivity index (χ3v) is 3.04. The number of anilines is 1. The number of carbonyl (C=O) groups excluding carboxylic acids is 1. The average Bonchev–Trinajstić information content (AvgIpc) is 2.44. The Kier molecular flexibility index (Phi) is 4.66. The van der Waals surface area contributed by atoms with Crippen molar-refractivity contribution in [2.45, 2.75) is 13.5 Å². The third-order valence-electron chi connectivity index (χ3n) is 3.04. The summed E-state index contributed by atoms with van der Waals surface area (Å²) < 4.78 is 0. The van der Waals surface area contributed by atoms with Crippen molar-refractivity contribution in [3.05, 3.63) is 54.1 Å². The van der Waals surface area contributed by atoms with Crippen LogP contribution in [-0.4, -0.2) is 27.7 Å². The molecule has 0 radical (unpaired) electrons. The highest BCUT2D eigenvalue weighted by Crippen LogP contribution is 2.24. The molecule has 2 aromatic rings. The molecule has 0 aliphatic heterocycles. The van der Waals surface area contributed by atoms with Crippen LogP contribution in [0.2, 0.25) is 0 Å². The molecular formula is C16H18N2O3. The van der Waals surface area contributed by atoms with Crippen LogP contribution in [0.15, 0.2) is 48.5 Å². The molecule has 3 N–H and O–H groups in total. The fourth-order valence-electron chi connectivity index (χ4n) is 2.00. The number of urea groups is 1. The number of nitrogens with one attached hydrogen (secondary N) is 1. The quantitative estimate of drug-likeness (QED) is 0.808. The predicted molar refractivity (Wildman–Crippen MR) is 81.3 cm³/mol. The number of rotatable bonds is 4. The summed E-state index contributed by atoms with van der Waals surface area (Å²) in [5.74, 6) is -0.201. The first-order valence-electron chi connectivity index (χ1n) is 6.71. The fraction of sp³-hybridized carbons (Fsp3) is 0.188. The van der Waals surface area contributed by atoms with E-state index < -0.39 is 0 Å². The Labute approximate surface area is 123 Å². The van der Waals surface area contributed by atoms with E-state index in [1.165, 1.54) is 18.2 Å². The van der Waals surface area contributed by atoms with Gasteiger partial charge >= 0.3 is 6.03 Å². The zero-order chi connectivity index (χ0) is 15.2. The van der Waals surface area contributed by atoms with Crippen molar-refractivity contribution in [2.24, 2.45) is 0 Å². The molecule has 5 nitrogen and oxygen atoms in total. The molecule has 0 fully saturated rings. The number of hydrogen-bond acceptors (Lipinski definition) is 3. The van der Waals surface area contributed by atoms with Crippen molar-refractivity contribution >= 4 is 11.7 Å². The smallest absolute Gasteiger partial charge is 0.322 e. The maximum atomic E-state index is 12.2. The minimum absolute atomic E-state index is 0.101. The SMILES string of the molecule is CCN(Cc1ccccc1)C(=O)Nc1cc(O)cc(O)c1. The van der Waals surface area contributed by atoms with Gasteiger partial charge < -0.3 is 20.4 Å². The summed E-state index contributed by atoms with van der Waals surface area (Å²) in [6, 6.07) is 13.4. The van der Waals surface area contributed by atoms with Crippen LogP contribution in [0.5, 0.6) is 11.5 Å². The lowest BCUT2D eigenvalue weighted by atomic mass is 10.2. The topological polar surface area (TPSA) is 72.8 Å². The molecule has 0 heterocycles. The second-order valence-corrected chi connectivity index (χ2v) is 4.67. The van der Waals surface area contributed by atoms with Crippen LogP contribution in [0.4, 0.5) is 10.5 Å². The standard InChI is InChI=1S/C16H18N2O3/c1-2-18(11-12-6-4-3-5-7-12)16(21)17-13-8-14(19)10-15(20)9-13/h3-10,19-20H,2,11H2,1H3,(H,17,21). The molecule has 0 unspecified atom stereocenters. The fourth-order valence-corrected chi connectivity index (χ4v) is 2.00. The second-order valence-electron chi connectivity index (χ2n) is 4.67. The molecule has 2 aromatic carbocycles. The third kappa shape index (κ3) is 4.14. The van der Waals surface area contributed by atoms with Crippen molar-refractivity contribution in [1.29, 1.82) is 0 Å². The molecule has 0 aliphatic carbocycles. The number of phenols is 2. The van der Waals surface area contributed by atoms with E-state index in [1.807, 2.05) is 37.3 Å². The Morgan fingerprint density at radius 3 is 2.29 bits per heavy atom. The van der Waals surface area contributed by atoms with Gasteiger partial charge in [0.25, 0.3) is 0 Å². The first-order chi connectivity index (χ1) is 10.1. The monoisotopic (exact) mass is 286 g/mol. The van der Waals surface area contributed by atoms with E-state index in [9.17, 15) is 15.0 Å². The van der Waals surface area contributed by atoms with Gasteiger partial charge in [-0.25, -0.2) is 4.79 Å². The first kappa shape index (κ1) is 14.7. The molecule has 0 aromatic heterocycles. The molecule has 0 saturated carbocycles. The van der Waals surface area contributed by atoms with Crippen molar-refractivity contribution in [2.75, 3.05) is 11.9 Å². The summed E-state index contributed by atoms with van der Waals surface area (Å²) in [6.45, 7) is 2.93. The van der Waals surface area contributed by atoms with E-state index in [4.69, 9.17) is 0 Å². The number of hydrogen-bond donors (Lipinski definition) is 3. The number of amides is 2. The summed E-state index contributed by atoms with van der Waals surface area (Å²) >= 11 is 0. The van der Waals surface area contributed by atoms with Gasteiger partial charge in [0, 0.05) is 37.0 Å². The highest BCUT2D eigenvalue weighted by atomic mass is 16.3. The van der Waals surface area contributed by atoms with Gasteiger partial charge in [0.15, 0.2) is 0 Å². The Balaban J connectivity index is 2.06. The van der Waals surface area contributed by atoms with E-state index in [0.717, 1.165) is 5.56 Å². The second kappa shape index (κ2) is 6.65. The highest BCUT2D eigenvalue weighted by molar-refractivity contribution is 5.89. The molecule has 0 saturated heterocycles. The normalized spacial score (nSPS) is 10.1. The van der Waals surface area contributed by atoms with E-state index in [2.05, 4.69) is 5.32 Å².